The number of halogens is 1. The summed E-state index contributed by atoms with van der Waals surface area (Å²) in [5.74, 6) is 0.605. The molecule has 106 valence electrons. The second-order valence-corrected chi connectivity index (χ2v) is 5.66. The molecule has 3 nitrogen and oxygen atoms in total. The molecule has 1 heterocycles. The Kier molecular flexibility index (Phi) is 3.80. The number of furan rings is 1. The summed E-state index contributed by atoms with van der Waals surface area (Å²) < 4.78 is 12.1. The van der Waals surface area contributed by atoms with Crippen molar-refractivity contribution in [2.75, 3.05) is 0 Å². The quantitative estimate of drug-likeness (QED) is 0.632. The van der Waals surface area contributed by atoms with Gasteiger partial charge in [0.15, 0.2) is 6.29 Å². The van der Waals surface area contributed by atoms with E-state index in [2.05, 4.69) is 15.9 Å². The zero-order chi connectivity index (χ0) is 14.8. The number of hydrogen-bond acceptors (Lipinski definition) is 3. The highest BCUT2D eigenvalue weighted by Crippen LogP contribution is 2.28. The Bertz CT molecular complexity index is 805. The molecule has 0 aliphatic carbocycles. The van der Waals surface area contributed by atoms with Crippen molar-refractivity contribution in [3.8, 4) is 5.75 Å². The number of hydrogen-bond donors (Lipinski definition) is 0. The largest absolute Gasteiger partial charge is 0.488 e. The Balaban J connectivity index is 1.86. The van der Waals surface area contributed by atoms with Crippen LogP contribution >= 0.6 is 15.9 Å². The molecule has 0 bridgehead atoms. The topological polar surface area (TPSA) is 39.4 Å². The van der Waals surface area contributed by atoms with E-state index < -0.39 is 0 Å². The van der Waals surface area contributed by atoms with E-state index in [9.17, 15) is 4.79 Å². The van der Waals surface area contributed by atoms with Gasteiger partial charge in [0.2, 0.25) is 0 Å². The van der Waals surface area contributed by atoms with Crippen LogP contribution in [-0.4, -0.2) is 6.29 Å². The molecule has 4 heteroatoms. The van der Waals surface area contributed by atoms with Crippen LogP contribution in [0, 0.1) is 6.92 Å². The van der Waals surface area contributed by atoms with Crippen LogP contribution in [0.25, 0.3) is 11.0 Å². The third-order valence-corrected chi connectivity index (χ3v) is 3.95. The molecular formula is C17H13BrO3. The minimum absolute atomic E-state index is 0.393. The number of aryl methyl sites for hydroxylation is 1. The molecule has 0 saturated carbocycles. The van der Waals surface area contributed by atoms with Crippen molar-refractivity contribution in [3.05, 3.63) is 63.8 Å². The SMILES string of the molecule is Cc1cccc(OCc2cc(Br)c3occc3c2)c1C=O. The molecular weight excluding hydrogens is 332 g/mol. The van der Waals surface area contributed by atoms with Gasteiger partial charge >= 0.3 is 0 Å². The predicted octanol–water partition coefficient (Wildman–Crippen LogP) is 4.90. The first-order valence-electron chi connectivity index (χ1n) is 6.52. The Morgan fingerprint density at radius 3 is 2.95 bits per heavy atom. The van der Waals surface area contributed by atoms with Gasteiger partial charge in [0.25, 0.3) is 0 Å². The molecule has 0 radical (unpaired) electrons. The average molecular weight is 345 g/mol. The highest BCUT2D eigenvalue weighted by Gasteiger charge is 2.08. The summed E-state index contributed by atoms with van der Waals surface area (Å²) in [6, 6.07) is 11.5. The summed E-state index contributed by atoms with van der Waals surface area (Å²) >= 11 is 3.49. The van der Waals surface area contributed by atoms with E-state index in [1.807, 2.05) is 43.3 Å². The van der Waals surface area contributed by atoms with E-state index in [4.69, 9.17) is 9.15 Å². The van der Waals surface area contributed by atoms with Crippen LogP contribution in [0.3, 0.4) is 0 Å². The molecule has 0 aliphatic rings. The fourth-order valence-corrected chi connectivity index (χ4v) is 2.89. The van der Waals surface area contributed by atoms with Crippen molar-refractivity contribution >= 4 is 33.2 Å². The molecule has 3 rings (SSSR count). The van der Waals surface area contributed by atoms with Crippen LogP contribution in [0.2, 0.25) is 0 Å². The van der Waals surface area contributed by atoms with Crippen molar-refractivity contribution in [3.63, 3.8) is 0 Å². The number of fused-ring (bicyclic) bond motifs is 1. The van der Waals surface area contributed by atoms with Gasteiger partial charge in [-0.1, -0.05) is 12.1 Å². The van der Waals surface area contributed by atoms with Gasteiger partial charge < -0.3 is 9.15 Å². The maximum Gasteiger partial charge on any atom is 0.154 e. The smallest absolute Gasteiger partial charge is 0.154 e. The first kappa shape index (κ1) is 13.9. The molecule has 21 heavy (non-hydrogen) atoms. The number of rotatable bonds is 4. The van der Waals surface area contributed by atoms with Gasteiger partial charge in [0.1, 0.15) is 17.9 Å². The third-order valence-electron chi connectivity index (χ3n) is 3.36. The minimum atomic E-state index is 0.393. The van der Waals surface area contributed by atoms with E-state index in [0.717, 1.165) is 32.9 Å². The van der Waals surface area contributed by atoms with E-state index >= 15 is 0 Å². The lowest BCUT2D eigenvalue weighted by atomic mass is 10.1. The zero-order valence-electron chi connectivity index (χ0n) is 11.4. The average Bonchev–Trinajstić information content (AvgIpc) is 2.94. The van der Waals surface area contributed by atoms with Gasteiger partial charge in [-0.15, -0.1) is 0 Å². The van der Waals surface area contributed by atoms with Gasteiger partial charge in [-0.25, -0.2) is 0 Å². The van der Waals surface area contributed by atoms with Crippen LogP contribution in [0.1, 0.15) is 21.5 Å². The first-order chi connectivity index (χ1) is 10.2. The van der Waals surface area contributed by atoms with E-state index in [-0.39, 0.29) is 0 Å². The lowest BCUT2D eigenvalue weighted by Crippen LogP contribution is -1.99. The maximum absolute atomic E-state index is 11.2. The number of carbonyl (C=O) groups excluding carboxylic acids is 1. The van der Waals surface area contributed by atoms with Crippen LogP contribution in [0.4, 0.5) is 0 Å². The minimum Gasteiger partial charge on any atom is -0.488 e. The van der Waals surface area contributed by atoms with Crippen LogP contribution in [0.15, 0.2) is 51.6 Å². The van der Waals surface area contributed by atoms with Crippen molar-refractivity contribution in [1.82, 2.24) is 0 Å². The number of carbonyl (C=O) groups is 1. The Morgan fingerprint density at radius 2 is 2.14 bits per heavy atom. The first-order valence-corrected chi connectivity index (χ1v) is 7.31. The Labute approximate surface area is 130 Å². The van der Waals surface area contributed by atoms with E-state index in [1.54, 1.807) is 6.26 Å². The van der Waals surface area contributed by atoms with E-state index in [0.29, 0.717) is 17.9 Å². The third kappa shape index (κ3) is 2.72. The van der Waals surface area contributed by atoms with Crippen molar-refractivity contribution in [2.24, 2.45) is 0 Å². The van der Waals surface area contributed by atoms with Crippen molar-refractivity contribution in [2.45, 2.75) is 13.5 Å². The summed E-state index contributed by atoms with van der Waals surface area (Å²) in [7, 11) is 0. The zero-order valence-corrected chi connectivity index (χ0v) is 13.0. The lowest BCUT2D eigenvalue weighted by Gasteiger charge is -2.10. The fraction of sp³-hybridized carbons (Fsp3) is 0.118. The molecule has 3 aromatic rings. The second-order valence-electron chi connectivity index (χ2n) is 4.81. The normalized spacial score (nSPS) is 10.8. The maximum atomic E-state index is 11.2. The molecule has 1 aromatic heterocycles. The number of aldehydes is 1. The molecule has 0 saturated heterocycles. The van der Waals surface area contributed by atoms with Gasteiger partial charge in [-0.05, 0) is 58.2 Å². The molecule has 0 spiro atoms. The summed E-state index contributed by atoms with van der Waals surface area (Å²) in [5, 5.41) is 1.02. The van der Waals surface area contributed by atoms with Gasteiger partial charge in [-0.3, -0.25) is 4.79 Å². The molecule has 0 fully saturated rings. The van der Waals surface area contributed by atoms with Gasteiger partial charge in [-0.2, -0.15) is 0 Å². The summed E-state index contributed by atoms with van der Waals surface area (Å²) in [6.45, 7) is 2.29. The summed E-state index contributed by atoms with van der Waals surface area (Å²) in [6.07, 6.45) is 2.49. The van der Waals surface area contributed by atoms with Crippen molar-refractivity contribution < 1.29 is 13.9 Å². The molecule has 2 aromatic carbocycles. The molecule has 0 unspecified atom stereocenters. The van der Waals surface area contributed by atoms with Gasteiger partial charge in [0.05, 0.1) is 16.3 Å². The Morgan fingerprint density at radius 1 is 1.29 bits per heavy atom. The fourth-order valence-electron chi connectivity index (χ4n) is 2.27. The predicted molar refractivity (Wildman–Crippen MR) is 84.8 cm³/mol. The highest BCUT2D eigenvalue weighted by molar-refractivity contribution is 9.10. The summed E-state index contributed by atoms with van der Waals surface area (Å²) in [4.78, 5) is 11.2. The van der Waals surface area contributed by atoms with Crippen LogP contribution in [0.5, 0.6) is 5.75 Å². The molecule has 0 aliphatic heterocycles. The Hall–Kier alpha value is -2.07. The molecule has 0 amide bonds. The lowest BCUT2D eigenvalue weighted by molar-refractivity contribution is 0.111. The molecule has 0 atom stereocenters. The summed E-state index contributed by atoms with van der Waals surface area (Å²) in [5.41, 5.74) is 3.34. The number of ether oxygens (including phenoxy) is 1. The monoisotopic (exact) mass is 344 g/mol. The van der Waals surface area contributed by atoms with Crippen LogP contribution < -0.4 is 4.74 Å². The number of benzene rings is 2. The van der Waals surface area contributed by atoms with Crippen LogP contribution in [-0.2, 0) is 6.61 Å². The van der Waals surface area contributed by atoms with E-state index in [1.165, 1.54) is 0 Å². The molecule has 0 N–H and O–H groups in total. The highest BCUT2D eigenvalue weighted by atomic mass is 79.9. The van der Waals surface area contributed by atoms with Crippen molar-refractivity contribution in [1.29, 1.82) is 0 Å². The van der Waals surface area contributed by atoms with Gasteiger partial charge in [0, 0.05) is 5.39 Å². The second kappa shape index (κ2) is 5.74. The standard InChI is InChI=1S/C17H13BrO3/c1-11-3-2-4-16(14(11)9-19)21-10-12-7-13-5-6-20-17(13)15(18)8-12/h2-9H,10H2,1H3.